The van der Waals surface area contributed by atoms with E-state index in [-0.39, 0.29) is 0 Å². The van der Waals surface area contributed by atoms with Crippen molar-refractivity contribution < 1.29 is 0 Å². The highest BCUT2D eigenvalue weighted by molar-refractivity contribution is 9.10. The van der Waals surface area contributed by atoms with Gasteiger partial charge in [0.2, 0.25) is 0 Å². The van der Waals surface area contributed by atoms with E-state index in [0.717, 1.165) is 42.2 Å². The Labute approximate surface area is 134 Å². The number of aromatic nitrogens is 2. The molecule has 4 nitrogen and oxygen atoms in total. The molecule has 21 heavy (non-hydrogen) atoms. The van der Waals surface area contributed by atoms with Crippen LogP contribution in [-0.4, -0.2) is 23.1 Å². The van der Waals surface area contributed by atoms with Crippen LogP contribution in [0, 0.1) is 0 Å². The van der Waals surface area contributed by atoms with Crippen molar-refractivity contribution in [1.29, 1.82) is 0 Å². The lowest BCUT2D eigenvalue weighted by molar-refractivity contribution is 0.711. The van der Waals surface area contributed by atoms with E-state index in [1.807, 2.05) is 30.6 Å². The molecule has 0 bridgehead atoms. The summed E-state index contributed by atoms with van der Waals surface area (Å²) in [5.74, 6) is 1.02. The fourth-order valence-electron chi connectivity index (χ4n) is 2.17. The molecule has 1 N–H and O–H groups in total. The van der Waals surface area contributed by atoms with Gasteiger partial charge in [0, 0.05) is 35.5 Å². The normalized spacial score (nSPS) is 10.6. The third kappa shape index (κ3) is 4.51. The minimum absolute atomic E-state index is 0.769. The largest absolute Gasteiger partial charge is 0.351 e. The molecule has 0 fully saturated rings. The standard InChI is InChI=1S/C16H21BrN4/c1-3-18-10-13-9-14(17)11-20-16(13)21(4-2)12-15-7-5-6-8-19-15/h5-9,11,18H,3-4,10,12H2,1-2H3. The van der Waals surface area contributed by atoms with E-state index in [0.29, 0.717) is 0 Å². The van der Waals surface area contributed by atoms with Gasteiger partial charge in [-0.25, -0.2) is 4.98 Å². The quantitative estimate of drug-likeness (QED) is 0.832. The number of anilines is 1. The lowest BCUT2D eigenvalue weighted by Gasteiger charge is -2.24. The SMILES string of the molecule is CCNCc1cc(Br)cnc1N(CC)Cc1ccccn1. The molecule has 0 saturated carbocycles. The monoisotopic (exact) mass is 348 g/mol. The van der Waals surface area contributed by atoms with Gasteiger partial charge < -0.3 is 10.2 Å². The fraction of sp³-hybridized carbons (Fsp3) is 0.375. The van der Waals surface area contributed by atoms with Crippen LogP contribution in [0.25, 0.3) is 0 Å². The van der Waals surface area contributed by atoms with Crippen LogP contribution in [0.3, 0.4) is 0 Å². The van der Waals surface area contributed by atoms with E-state index >= 15 is 0 Å². The smallest absolute Gasteiger partial charge is 0.133 e. The zero-order chi connectivity index (χ0) is 15.1. The van der Waals surface area contributed by atoms with Crippen molar-refractivity contribution in [3.8, 4) is 0 Å². The number of nitrogens with one attached hydrogen (secondary N) is 1. The van der Waals surface area contributed by atoms with Gasteiger partial charge in [0.05, 0.1) is 12.2 Å². The zero-order valence-corrected chi connectivity index (χ0v) is 14.1. The molecule has 0 unspecified atom stereocenters. The van der Waals surface area contributed by atoms with Gasteiger partial charge in [-0.3, -0.25) is 4.98 Å². The summed E-state index contributed by atoms with van der Waals surface area (Å²) in [5, 5.41) is 3.37. The first-order valence-electron chi connectivity index (χ1n) is 7.24. The van der Waals surface area contributed by atoms with Gasteiger partial charge in [0.1, 0.15) is 5.82 Å². The van der Waals surface area contributed by atoms with Crippen LogP contribution >= 0.6 is 15.9 Å². The van der Waals surface area contributed by atoms with Gasteiger partial charge in [0.25, 0.3) is 0 Å². The third-order valence-corrected chi connectivity index (χ3v) is 3.67. The predicted octanol–water partition coefficient (Wildman–Crippen LogP) is 3.38. The van der Waals surface area contributed by atoms with Gasteiger partial charge in [-0.2, -0.15) is 0 Å². The van der Waals surface area contributed by atoms with Gasteiger partial charge in [-0.05, 0) is 47.6 Å². The highest BCUT2D eigenvalue weighted by atomic mass is 79.9. The van der Waals surface area contributed by atoms with Crippen molar-refractivity contribution in [2.45, 2.75) is 26.9 Å². The topological polar surface area (TPSA) is 41.1 Å². The maximum absolute atomic E-state index is 4.61. The first-order valence-corrected chi connectivity index (χ1v) is 8.03. The number of hydrogen-bond acceptors (Lipinski definition) is 4. The van der Waals surface area contributed by atoms with E-state index in [1.165, 1.54) is 5.56 Å². The number of nitrogens with zero attached hydrogens (tertiary/aromatic N) is 3. The molecular weight excluding hydrogens is 328 g/mol. The third-order valence-electron chi connectivity index (χ3n) is 3.24. The predicted molar refractivity (Wildman–Crippen MR) is 90.3 cm³/mol. The Morgan fingerprint density at radius 2 is 2.10 bits per heavy atom. The van der Waals surface area contributed by atoms with Crippen LogP contribution < -0.4 is 10.2 Å². The average Bonchev–Trinajstić information content (AvgIpc) is 2.52. The Bertz CT molecular complexity index is 559. The summed E-state index contributed by atoms with van der Waals surface area (Å²) in [5.41, 5.74) is 2.25. The molecule has 0 radical (unpaired) electrons. The van der Waals surface area contributed by atoms with Crippen molar-refractivity contribution in [3.63, 3.8) is 0 Å². The van der Waals surface area contributed by atoms with E-state index in [4.69, 9.17) is 0 Å². The summed E-state index contributed by atoms with van der Waals surface area (Å²) in [6, 6.07) is 8.14. The van der Waals surface area contributed by atoms with Crippen molar-refractivity contribution >= 4 is 21.7 Å². The molecule has 0 aromatic carbocycles. The maximum Gasteiger partial charge on any atom is 0.133 e. The number of pyridine rings is 2. The van der Waals surface area contributed by atoms with Crippen LogP contribution in [0.15, 0.2) is 41.1 Å². The van der Waals surface area contributed by atoms with Crippen molar-refractivity contribution in [3.05, 3.63) is 52.4 Å². The molecule has 2 heterocycles. The molecule has 0 aliphatic carbocycles. The molecule has 0 aliphatic heterocycles. The first kappa shape index (κ1) is 15.9. The minimum atomic E-state index is 0.769. The Morgan fingerprint density at radius 1 is 1.24 bits per heavy atom. The van der Waals surface area contributed by atoms with Gasteiger partial charge in [0.15, 0.2) is 0 Å². The Kier molecular flexibility index (Phi) is 6.14. The van der Waals surface area contributed by atoms with E-state index in [9.17, 15) is 0 Å². The molecule has 0 spiro atoms. The minimum Gasteiger partial charge on any atom is -0.351 e. The second-order valence-electron chi connectivity index (χ2n) is 4.75. The van der Waals surface area contributed by atoms with E-state index < -0.39 is 0 Å². The Hall–Kier alpha value is -1.46. The molecule has 2 aromatic rings. The van der Waals surface area contributed by atoms with Crippen molar-refractivity contribution in [2.24, 2.45) is 0 Å². The summed E-state index contributed by atoms with van der Waals surface area (Å²) in [6.45, 7) is 7.67. The Morgan fingerprint density at radius 3 is 2.76 bits per heavy atom. The van der Waals surface area contributed by atoms with Crippen LogP contribution in [0.5, 0.6) is 0 Å². The molecule has 5 heteroatoms. The molecule has 2 rings (SSSR count). The second kappa shape index (κ2) is 8.10. The maximum atomic E-state index is 4.61. The second-order valence-corrected chi connectivity index (χ2v) is 5.67. The molecular formula is C16H21BrN4. The number of halogens is 1. The van der Waals surface area contributed by atoms with Crippen LogP contribution in [0.2, 0.25) is 0 Å². The van der Waals surface area contributed by atoms with Crippen LogP contribution in [0.1, 0.15) is 25.1 Å². The highest BCUT2D eigenvalue weighted by Gasteiger charge is 2.13. The summed E-state index contributed by atoms with van der Waals surface area (Å²) in [6.07, 6.45) is 3.68. The van der Waals surface area contributed by atoms with Crippen molar-refractivity contribution in [1.82, 2.24) is 15.3 Å². The summed E-state index contributed by atoms with van der Waals surface area (Å²) < 4.78 is 1.01. The molecule has 112 valence electrons. The molecule has 0 aliphatic rings. The van der Waals surface area contributed by atoms with Gasteiger partial charge in [-0.15, -0.1) is 0 Å². The van der Waals surface area contributed by atoms with E-state index in [1.54, 1.807) is 0 Å². The molecule has 0 atom stereocenters. The zero-order valence-electron chi connectivity index (χ0n) is 12.5. The number of rotatable bonds is 7. The van der Waals surface area contributed by atoms with Gasteiger partial charge in [-0.1, -0.05) is 13.0 Å². The average molecular weight is 349 g/mol. The van der Waals surface area contributed by atoms with E-state index in [2.05, 4.69) is 56.0 Å². The lowest BCUT2D eigenvalue weighted by atomic mass is 10.2. The fourth-order valence-corrected chi connectivity index (χ4v) is 2.55. The van der Waals surface area contributed by atoms with Crippen molar-refractivity contribution in [2.75, 3.05) is 18.0 Å². The van der Waals surface area contributed by atoms with Crippen LogP contribution in [0.4, 0.5) is 5.82 Å². The summed E-state index contributed by atoms with van der Waals surface area (Å²) in [4.78, 5) is 11.3. The molecule has 2 aromatic heterocycles. The summed E-state index contributed by atoms with van der Waals surface area (Å²) in [7, 11) is 0. The lowest BCUT2D eigenvalue weighted by Crippen LogP contribution is -2.26. The Balaban J connectivity index is 2.24. The first-order chi connectivity index (χ1) is 10.2. The van der Waals surface area contributed by atoms with Gasteiger partial charge >= 0.3 is 0 Å². The number of hydrogen-bond donors (Lipinski definition) is 1. The van der Waals surface area contributed by atoms with Crippen LogP contribution in [-0.2, 0) is 13.1 Å². The highest BCUT2D eigenvalue weighted by Crippen LogP contribution is 2.22. The molecule has 0 saturated heterocycles. The summed E-state index contributed by atoms with van der Waals surface area (Å²) >= 11 is 3.50. The molecule has 0 amide bonds.